The molecule has 7 heterocycles. The summed E-state index contributed by atoms with van der Waals surface area (Å²) in [6.45, 7) is 0. The van der Waals surface area contributed by atoms with Crippen molar-refractivity contribution in [3.63, 3.8) is 0 Å². The molecule has 0 aliphatic carbocycles. The van der Waals surface area contributed by atoms with E-state index in [1.165, 1.54) is 165 Å². The van der Waals surface area contributed by atoms with E-state index in [0.29, 0.717) is 21.9 Å². The zero-order valence-corrected chi connectivity index (χ0v) is 75.7. The number of hydrogen-bond acceptors (Lipinski definition) is 44. The second-order valence-electron chi connectivity index (χ2n) is 32.1. The minimum absolute atomic E-state index is 0.00139. The molecular formula is C106H72O44. The molecule has 0 aliphatic rings. The van der Waals surface area contributed by atoms with Gasteiger partial charge in [0.2, 0.25) is 28.1 Å². The highest BCUT2D eigenvalue weighted by Crippen LogP contribution is 2.48. The van der Waals surface area contributed by atoms with Gasteiger partial charge in [-0.2, -0.15) is 0 Å². The number of ether oxygens (including phenoxy) is 1. The Balaban J connectivity index is 0.000000131. The fourth-order valence-electron chi connectivity index (χ4n) is 14.6. The van der Waals surface area contributed by atoms with Crippen molar-refractivity contribution in [3.8, 4) is 252 Å². The van der Waals surface area contributed by atoms with E-state index in [9.17, 15) is 182 Å². The number of hydrogen-bond donors (Lipinski definition) is 29. The van der Waals surface area contributed by atoms with Gasteiger partial charge in [-0.05, 0) is 152 Å². The number of benzene rings is 14. The van der Waals surface area contributed by atoms with Gasteiger partial charge in [0.15, 0.2) is 136 Å². The molecule has 0 spiro atoms. The molecule has 760 valence electrons. The molecule has 0 aliphatic heterocycles. The summed E-state index contributed by atoms with van der Waals surface area (Å²) in [5, 5.41) is 276. The van der Waals surface area contributed by atoms with Crippen LogP contribution in [-0.2, 0) is 0 Å². The second kappa shape index (κ2) is 41.0. The molecule has 21 aromatic rings. The Morgan fingerprint density at radius 3 is 0.727 bits per heavy atom. The Morgan fingerprint density at radius 1 is 0.173 bits per heavy atom. The van der Waals surface area contributed by atoms with Crippen molar-refractivity contribution in [1.82, 2.24) is 0 Å². The highest BCUT2D eigenvalue weighted by atomic mass is 16.5. The topological polar surface area (TPSA) is 807 Å². The minimum atomic E-state index is -0.733. The van der Waals surface area contributed by atoms with Crippen LogP contribution in [0.25, 0.3) is 156 Å². The van der Waals surface area contributed by atoms with Crippen LogP contribution in [0.2, 0.25) is 0 Å². The van der Waals surface area contributed by atoms with Gasteiger partial charge in [0, 0.05) is 130 Å². The van der Waals surface area contributed by atoms with Gasteiger partial charge in [-0.25, -0.2) is 0 Å². The van der Waals surface area contributed by atoms with Crippen LogP contribution in [0.4, 0.5) is 0 Å². The smallest absolute Gasteiger partial charge is 0.235 e. The van der Waals surface area contributed by atoms with Crippen molar-refractivity contribution >= 4 is 76.8 Å². The zero-order valence-electron chi connectivity index (χ0n) is 75.7. The van der Waals surface area contributed by atoms with Crippen LogP contribution >= 0.6 is 0 Å². The molecular weight excluding hydrogens is 1980 g/mol. The van der Waals surface area contributed by atoms with Gasteiger partial charge in [-0.15, -0.1) is 0 Å². The van der Waals surface area contributed by atoms with E-state index in [0.717, 1.165) is 84.9 Å². The first-order valence-electron chi connectivity index (χ1n) is 42.5. The summed E-state index contributed by atoms with van der Waals surface area (Å²) in [4.78, 5) is 84.4. The van der Waals surface area contributed by atoms with E-state index >= 15 is 0 Å². The van der Waals surface area contributed by atoms with Crippen LogP contribution in [-0.4, -0.2) is 155 Å². The maximum absolute atomic E-state index is 12.2. The van der Waals surface area contributed by atoms with Gasteiger partial charge in [0.25, 0.3) is 0 Å². The van der Waals surface area contributed by atoms with Crippen LogP contribution < -0.4 is 42.7 Å². The van der Waals surface area contributed by atoms with Crippen LogP contribution in [0.15, 0.2) is 307 Å². The van der Waals surface area contributed by atoms with Crippen LogP contribution in [0, 0.1) is 0 Å². The molecule has 44 nitrogen and oxygen atoms in total. The van der Waals surface area contributed by atoms with E-state index in [4.69, 9.17) is 35.7 Å². The molecule has 29 N–H and O–H groups in total. The van der Waals surface area contributed by atoms with Crippen molar-refractivity contribution in [2.45, 2.75) is 0 Å². The molecule has 0 bridgehead atoms. The third-order valence-electron chi connectivity index (χ3n) is 21.9. The van der Waals surface area contributed by atoms with Crippen molar-refractivity contribution < 1.29 is 184 Å². The second-order valence-corrected chi connectivity index (χ2v) is 32.1. The molecule has 14 aromatic carbocycles. The largest absolute Gasteiger partial charge is 0.508 e. The average Bonchev–Trinajstić information content (AvgIpc) is 0.779. The summed E-state index contributed by atoms with van der Waals surface area (Å²) in [5.74, 6) is -12.0. The number of aromatic hydroxyl groups is 29. The molecule has 0 atom stereocenters. The molecule has 0 radical (unpaired) electrons. The molecule has 7 aromatic heterocycles. The number of phenolic OH excluding ortho intramolecular Hbond substituents is 27. The Hall–Kier alpha value is -22.4. The quantitative estimate of drug-likeness (QED) is 0.0628. The Morgan fingerprint density at radius 2 is 0.413 bits per heavy atom. The summed E-state index contributed by atoms with van der Waals surface area (Å²) in [5.41, 5.74) is -1.45. The maximum Gasteiger partial charge on any atom is 0.235 e. The van der Waals surface area contributed by atoms with Crippen LogP contribution in [0.3, 0.4) is 0 Å². The molecule has 21 rings (SSSR count). The van der Waals surface area contributed by atoms with Gasteiger partial charge < -0.3 is 184 Å². The fraction of sp³-hybridized carbons (Fsp3) is 0.00943. The van der Waals surface area contributed by atoms with E-state index < -0.39 is 119 Å². The Kier molecular flexibility index (Phi) is 27.9. The van der Waals surface area contributed by atoms with Crippen molar-refractivity contribution in [3.05, 3.63) is 314 Å². The van der Waals surface area contributed by atoms with Gasteiger partial charge in [-0.1, -0.05) is 0 Å². The Labute approximate surface area is 829 Å². The summed E-state index contributed by atoms with van der Waals surface area (Å²) < 4.78 is 43.2. The van der Waals surface area contributed by atoms with Crippen molar-refractivity contribution in [2.24, 2.45) is 0 Å². The van der Waals surface area contributed by atoms with Crippen molar-refractivity contribution in [1.29, 1.82) is 0 Å². The first-order chi connectivity index (χ1) is 71.1. The standard InChI is InChI=1S/C16H12O7.2C15H10O7.3C15H10O6.C15H10O5/c1-22-14-3-7(2-11(20)16(14)21)12-6-10(19)15-9(18)4-8(17)5-13(15)23-12;16-7-3-8(17)14-9(18)5-12(22-13(14)4-7)6-1-10(19)15(21)11(20)2-6;16-7-1-2-8-11(5-7)22-15(14(21)12(8)19)6-3-9(17)13(20)10(18)4-6;16-8-2-3-9-12(6-8)21-15(14(20)13(9)19)7-1-4-10(17)11(18)5-7;16-8-1-2-9-10(17)6-13(21-14(9)5-8)7-3-11(18)15(20)12(19)4-7;16-8-4-11(19)15-12(20)6-13(21-14(15)5-8)7-1-2-9(17)10(18)3-7;16-9-2-3-10-12(18)7-14(20-15(10)6-9)8-1-4-11(17)13(19)5-8/h2-6,17-18,20-21H,1H3;1-5,16-17,19-21H;1-5,16-18,20-21H;1-6,16-18,20H;1-6,16,18-20H;1-6,16-19H;1-7,16-17,19H. The lowest BCUT2D eigenvalue weighted by molar-refractivity contribution is 0.351. The third kappa shape index (κ3) is 21.3. The number of methoxy groups -OCH3 is 1. The monoisotopic (exact) mass is 2050 g/mol. The predicted octanol–water partition coefficient (Wildman–Crippen LogP) is 15.7. The lowest BCUT2D eigenvalue weighted by Gasteiger charge is -2.09. The third-order valence-corrected chi connectivity index (χ3v) is 21.9. The summed E-state index contributed by atoms with van der Waals surface area (Å²) in [6.07, 6.45) is 0. The van der Waals surface area contributed by atoms with Gasteiger partial charge in [0.05, 0.1) is 28.7 Å². The maximum atomic E-state index is 12.2. The predicted molar refractivity (Wildman–Crippen MR) is 530 cm³/mol. The highest BCUT2D eigenvalue weighted by Gasteiger charge is 2.26. The van der Waals surface area contributed by atoms with Gasteiger partial charge in [0.1, 0.15) is 142 Å². The van der Waals surface area contributed by atoms with Gasteiger partial charge >= 0.3 is 0 Å². The molecule has 0 unspecified atom stereocenters. The summed E-state index contributed by atoms with van der Waals surface area (Å²) >= 11 is 0. The van der Waals surface area contributed by atoms with E-state index in [-0.39, 0.29) is 226 Å². The fourth-order valence-corrected chi connectivity index (χ4v) is 14.6. The van der Waals surface area contributed by atoms with E-state index in [1.807, 2.05) is 0 Å². The van der Waals surface area contributed by atoms with Crippen molar-refractivity contribution in [2.75, 3.05) is 7.11 Å². The Bertz CT molecular complexity index is 9450. The minimum Gasteiger partial charge on any atom is -0.508 e. The van der Waals surface area contributed by atoms with Gasteiger partial charge in [-0.3, -0.25) is 33.6 Å². The molecule has 44 heteroatoms. The molecule has 0 fully saturated rings. The molecule has 0 saturated carbocycles. The lowest BCUT2D eigenvalue weighted by atomic mass is 10.1. The molecule has 150 heavy (non-hydrogen) atoms. The van der Waals surface area contributed by atoms with Crippen LogP contribution in [0.1, 0.15) is 0 Å². The number of fused-ring (bicyclic) bond motifs is 7. The van der Waals surface area contributed by atoms with Crippen LogP contribution in [0.5, 0.6) is 172 Å². The summed E-state index contributed by atoms with van der Waals surface area (Å²) in [6, 6.07) is 49.4. The molecule has 0 amide bonds. The number of rotatable bonds is 8. The van der Waals surface area contributed by atoms with E-state index in [1.54, 1.807) is 0 Å². The average molecular weight is 2050 g/mol. The normalized spacial score (nSPS) is 10.9. The molecule has 0 saturated heterocycles. The van der Waals surface area contributed by atoms with E-state index in [2.05, 4.69) is 0 Å². The SMILES string of the molecule is COc1cc(-c2cc(=O)c3c(O)cc(O)cc3o2)cc(O)c1O.O=c1c(O)c(-c2cc(O)c(O)c(O)c2)oc2cc(O)ccc12.O=c1c(O)c(-c2ccc(O)c(O)c2)oc2cc(O)ccc12.O=c1cc(-c2cc(O)c(O)c(O)c2)oc2cc(O)cc(O)c12.O=c1cc(-c2cc(O)c(O)c(O)c2)oc2cc(O)ccc12.O=c1cc(-c2ccc(O)c(O)c2)oc2cc(O)cc(O)c12.O=c1cc(-c2ccc(O)c(O)c2)oc2cc(O)ccc12. The first kappa shape index (κ1) is 102. The highest BCUT2D eigenvalue weighted by molar-refractivity contribution is 5.92. The zero-order chi connectivity index (χ0) is 108. The lowest BCUT2D eigenvalue weighted by Crippen LogP contribution is -2.02. The summed E-state index contributed by atoms with van der Waals surface area (Å²) in [7, 11) is 1.31. The first-order valence-corrected chi connectivity index (χ1v) is 42.5. The number of phenols is 27.